The zero-order chi connectivity index (χ0) is 20.6. The lowest BCUT2D eigenvalue weighted by Gasteiger charge is -2.37. The smallest absolute Gasteiger partial charge is 0.187 e. The highest BCUT2D eigenvalue weighted by Gasteiger charge is 2.50. The molecule has 1 N–H and O–H groups in total. The van der Waals surface area contributed by atoms with Crippen LogP contribution < -0.4 is 5.32 Å². The van der Waals surface area contributed by atoms with Gasteiger partial charge in [0.25, 0.3) is 0 Å². The van der Waals surface area contributed by atoms with Gasteiger partial charge < -0.3 is 5.32 Å². The Balaban J connectivity index is 1.77. The minimum Gasteiger partial charge on any atom is -0.317 e. The second-order valence-corrected chi connectivity index (χ2v) is 8.19. The molecule has 0 bridgehead atoms. The summed E-state index contributed by atoms with van der Waals surface area (Å²) in [6.45, 7) is 7.38. The molecule has 4 rings (SSSR count). The number of rotatable bonds is 6. The molecule has 0 saturated heterocycles. The Labute approximate surface area is 170 Å². The third-order valence-electron chi connectivity index (χ3n) is 5.80. The van der Waals surface area contributed by atoms with E-state index in [0.29, 0.717) is 23.7 Å². The van der Waals surface area contributed by atoms with Crippen LogP contribution in [0.4, 0.5) is 0 Å². The third-order valence-corrected chi connectivity index (χ3v) is 5.80. The highest BCUT2D eigenvalue weighted by Crippen LogP contribution is 2.41. The summed E-state index contributed by atoms with van der Waals surface area (Å²) >= 11 is 0. The van der Waals surface area contributed by atoms with Crippen molar-refractivity contribution in [2.45, 2.75) is 39.2 Å². The van der Waals surface area contributed by atoms with E-state index in [2.05, 4.69) is 27.2 Å². The zero-order valence-electron chi connectivity index (χ0n) is 17.1. The zero-order valence-corrected chi connectivity index (χ0v) is 17.1. The SMILES string of the molecule is CCNCCCC1C(=O)C2=NC(c3ccccc3)=NC2=C2C=NC(C)(C)C(=O)C21. The van der Waals surface area contributed by atoms with Crippen LogP contribution >= 0.6 is 0 Å². The number of hydrogen-bond donors (Lipinski definition) is 1. The van der Waals surface area contributed by atoms with Crippen molar-refractivity contribution in [3.63, 3.8) is 0 Å². The van der Waals surface area contributed by atoms with Gasteiger partial charge >= 0.3 is 0 Å². The molecular formula is C23H26N4O2. The van der Waals surface area contributed by atoms with Gasteiger partial charge in [-0.3, -0.25) is 14.6 Å². The molecule has 1 aromatic rings. The highest BCUT2D eigenvalue weighted by atomic mass is 16.1. The Morgan fingerprint density at radius 1 is 1.10 bits per heavy atom. The number of benzene rings is 1. The van der Waals surface area contributed by atoms with E-state index >= 15 is 0 Å². The molecule has 0 radical (unpaired) electrons. The molecule has 1 aliphatic carbocycles. The molecule has 2 heterocycles. The number of Topliss-reactive ketones (excluding diaryl/α,β-unsaturated/α-hetero) is 2. The van der Waals surface area contributed by atoms with Crippen LogP contribution in [0, 0.1) is 11.8 Å². The summed E-state index contributed by atoms with van der Waals surface area (Å²) in [5, 5.41) is 3.29. The second-order valence-electron chi connectivity index (χ2n) is 8.19. The maximum Gasteiger partial charge on any atom is 0.187 e. The Bertz CT molecular complexity index is 970. The van der Waals surface area contributed by atoms with Crippen LogP contribution in [-0.4, -0.2) is 48.0 Å². The minimum absolute atomic E-state index is 0.00767. The summed E-state index contributed by atoms with van der Waals surface area (Å²) in [5.41, 5.74) is 1.67. The number of hydrogen-bond acceptors (Lipinski definition) is 6. The van der Waals surface area contributed by atoms with E-state index in [9.17, 15) is 9.59 Å². The lowest BCUT2D eigenvalue weighted by atomic mass is 9.67. The fourth-order valence-corrected chi connectivity index (χ4v) is 4.19. The Kier molecular flexibility index (Phi) is 5.13. The van der Waals surface area contributed by atoms with Gasteiger partial charge in [0.1, 0.15) is 16.9 Å². The summed E-state index contributed by atoms with van der Waals surface area (Å²) in [6.07, 6.45) is 3.22. The Morgan fingerprint density at radius 3 is 2.59 bits per heavy atom. The van der Waals surface area contributed by atoms with Crippen molar-refractivity contribution in [1.29, 1.82) is 0 Å². The van der Waals surface area contributed by atoms with Crippen LogP contribution in [0.1, 0.15) is 39.2 Å². The maximum absolute atomic E-state index is 13.4. The van der Waals surface area contributed by atoms with Crippen molar-refractivity contribution < 1.29 is 9.59 Å². The number of aliphatic imine (C=N–C) groups is 3. The van der Waals surface area contributed by atoms with E-state index in [1.165, 1.54) is 0 Å². The van der Waals surface area contributed by atoms with Gasteiger partial charge in [0.05, 0.1) is 5.92 Å². The number of nitrogens with one attached hydrogen (secondary N) is 1. The number of nitrogens with zero attached hydrogens (tertiary/aromatic N) is 3. The molecule has 1 aromatic carbocycles. The average Bonchev–Trinajstić information content (AvgIpc) is 3.16. The van der Waals surface area contributed by atoms with Crippen LogP contribution in [0.25, 0.3) is 0 Å². The van der Waals surface area contributed by atoms with Crippen molar-refractivity contribution in [3.05, 3.63) is 47.2 Å². The summed E-state index contributed by atoms with van der Waals surface area (Å²) in [5.74, 6) is -0.459. The Hall–Kier alpha value is -2.73. The van der Waals surface area contributed by atoms with Crippen molar-refractivity contribution in [3.8, 4) is 0 Å². The van der Waals surface area contributed by atoms with Gasteiger partial charge in [-0.15, -0.1) is 0 Å². The molecule has 150 valence electrons. The van der Waals surface area contributed by atoms with Crippen LogP contribution in [0.3, 0.4) is 0 Å². The first-order chi connectivity index (χ1) is 13.9. The van der Waals surface area contributed by atoms with Gasteiger partial charge in [-0.2, -0.15) is 0 Å². The number of fused-ring (bicyclic) bond motifs is 2. The first-order valence-electron chi connectivity index (χ1n) is 10.3. The van der Waals surface area contributed by atoms with E-state index < -0.39 is 17.4 Å². The van der Waals surface area contributed by atoms with Gasteiger partial charge in [-0.25, -0.2) is 9.98 Å². The standard InChI is InChI=1S/C23H26N4O2/c1-4-24-12-8-11-15-17-16(13-25-23(2,3)21(17)29)18-19(20(15)28)27-22(26-18)14-9-6-5-7-10-14/h5-7,9-10,13,15,17,24H,4,8,11-12H2,1-3H3. The van der Waals surface area contributed by atoms with Crippen LogP contribution in [0.2, 0.25) is 0 Å². The molecule has 3 aliphatic rings. The summed E-state index contributed by atoms with van der Waals surface area (Å²) < 4.78 is 0. The van der Waals surface area contributed by atoms with Crippen LogP contribution in [0.5, 0.6) is 0 Å². The summed E-state index contributed by atoms with van der Waals surface area (Å²) in [7, 11) is 0. The van der Waals surface area contributed by atoms with Gasteiger partial charge in [0.2, 0.25) is 0 Å². The number of allylic oxidation sites excluding steroid dienone is 2. The molecule has 29 heavy (non-hydrogen) atoms. The van der Waals surface area contributed by atoms with Crippen LogP contribution in [0.15, 0.2) is 56.6 Å². The largest absolute Gasteiger partial charge is 0.317 e. The molecule has 2 atom stereocenters. The monoisotopic (exact) mass is 390 g/mol. The predicted molar refractivity (Wildman–Crippen MR) is 115 cm³/mol. The minimum atomic E-state index is -0.825. The van der Waals surface area contributed by atoms with Crippen molar-refractivity contribution in [2.24, 2.45) is 26.8 Å². The first kappa shape index (κ1) is 19.6. The van der Waals surface area contributed by atoms with E-state index in [4.69, 9.17) is 0 Å². The van der Waals surface area contributed by atoms with Gasteiger partial charge in [-0.05, 0) is 39.8 Å². The molecule has 2 aliphatic heterocycles. The van der Waals surface area contributed by atoms with E-state index in [1.54, 1.807) is 6.21 Å². The maximum atomic E-state index is 13.4. The molecule has 2 unspecified atom stereocenters. The fourth-order valence-electron chi connectivity index (χ4n) is 4.19. The number of amidine groups is 1. The average molecular weight is 390 g/mol. The first-order valence-corrected chi connectivity index (χ1v) is 10.3. The van der Waals surface area contributed by atoms with Crippen molar-refractivity contribution in [2.75, 3.05) is 13.1 Å². The molecule has 0 fully saturated rings. The molecule has 0 saturated carbocycles. The lowest BCUT2D eigenvalue weighted by Crippen LogP contribution is -2.49. The number of carbonyl (C=O) groups is 2. The molecule has 0 amide bonds. The third kappa shape index (κ3) is 3.42. The quantitative estimate of drug-likeness (QED) is 0.758. The molecule has 0 spiro atoms. The lowest BCUT2D eigenvalue weighted by molar-refractivity contribution is -0.131. The molecular weight excluding hydrogens is 364 g/mol. The van der Waals surface area contributed by atoms with Gasteiger partial charge in [0, 0.05) is 23.3 Å². The van der Waals surface area contributed by atoms with E-state index in [1.807, 2.05) is 44.2 Å². The predicted octanol–water partition coefficient (Wildman–Crippen LogP) is 2.78. The fraction of sp³-hybridized carbons (Fsp3) is 0.435. The summed E-state index contributed by atoms with van der Waals surface area (Å²) in [4.78, 5) is 40.4. The van der Waals surface area contributed by atoms with Crippen molar-refractivity contribution in [1.82, 2.24) is 5.32 Å². The number of ketones is 2. The van der Waals surface area contributed by atoms with E-state index in [-0.39, 0.29) is 11.6 Å². The molecule has 6 nitrogen and oxygen atoms in total. The summed E-state index contributed by atoms with van der Waals surface area (Å²) in [6, 6.07) is 9.60. The van der Waals surface area contributed by atoms with Gasteiger partial charge in [0.15, 0.2) is 17.4 Å². The van der Waals surface area contributed by atoms with Gasteiger partial charge in [-0.1, -0.05) is 37.3 Å². The van der Waals surface area contributed by atoms with Crippen molar-refractivity contribution >= 4 is 29.3 Å². The van der Waals surface area contributed by atoms with E-state index in [0.717, 1.165) is 30.6 Å². The second kappa shape index (κ2) is 7.59. The molecule has 6 heteroatoms. The Morgan fingerprint density at radius 2 is 1.86 bits per heavy atom. The highest BCUT2D eigenvalue weighted by molar-refractivity contribution is 6.52. The van der Waals surface area contributed by atoms with Crippen LogP contribution in [-0.2, 0) is 9.59 Å². The topological polar surface area (TPSA) is 83.2 Å². The normalized spacial score (nSPS) is 24.9. The molecule has 0 aromatic heterocycles. The number of carbonyl (C=O) groups excluding carboxylic acids is 2.